The summed E-state index contributed by atoms with van der Waals surface area (Å²) in [5, 5.41) is 9.94. The lowest BCUT2D eigenvalue weighted by molar-refractivity contribution is -0.114. The highest BCUT2D eigenvalue weighted by Crippen LogP contribution is 2.25. The van der Waals surface area contributed by atoms with Crippen molar-refractivity contribution in [3.8, 4) is 0 Å². The highest BCUT2D eigenvalue weighted by Gasteiger charge is 2.18. The van der Waals surface area contributed by atoms with Crippen LogP contribution in [0, 0.1) is 18.6 Å². The van der Waals surface area contributed by atoms with Gasteiger partial charge in [-0.05, 0) is 19.1 Å². The molecule has 0 saturated carbocycles. The molecule has 0 unspecified atom stereocenters. The molecule has 2 aromatic heterocycles. The largest absolute Gasteiger partial charge is 0.397 e. The normalized spacial score (nSPS) is 14.2. The van der Waals surface area contributed by atoms with Crippen molar-refractivity contribution in [1.29, 1.82) is 0 Å². The number of anilines is 4. The number of halogens is 2. The van der Waals surface area contributed by atoms with Crippen molar-refractivity contribution in [3.63, 3.8) is 0 Å². The van der Waals surface area contributed by atoms with Crippen LogP contribution in [0.2, 0.25) is 0 Å². The van der Waals surface area contributed by atoms with Crippen molar-refractivity contribution in [3.05, 3.63) is 41.7 Å². The number of benzene rings is 1. The van der Waals surface area contributed by atoms with Crippen LogP contribution >= 0.6 is 0 Å². The molecule has 0 bridgehead atoms. The zero-order valence-corrected chi connectivity index (χ0v) is 16.3. The SMILES string of the molecule is Cc1cnc2c(NCC(=O)Nc3c(N)ccc(F)c3F)cc(N3CCOCC3)nn12. The fraction of sp³-hybridized carbons (Fsp3) is 0.316. The summed E-state index contributed by atoms with van der Waals surface area (Å²) in [6, 6.07) is 3.90. The number of aromatic nitrogens is 3. The Morgan fingerprint density at radius 2 is 2.07 bits per heavy atom. The lowest BCUT2D eigenvalue weighted by atomic mass is 10.2. The van der Waals surface area contributed by atoms with Gasteiger partial charge in [0, 0.05) is 19.2 Å². The molecule has 1 aliphatic heterocycles. The van der Waals surface area contributed by atoms with Gasteiger partial charge in [-0.3, -0.25) is 4.79 Å². The summed E-state index contributed by atoms with van der Waals surface area (Å²) in [5.74, 6) is -2.16. The minimum Gasteiger partial charge on any atom is -0.397 e. The number of carbonyl (C=O) groups is 1. The van der Waals surface area contributed by atoms with E-state index >= 15 is 0 Å². The zero-order valence-electron chi connectivity index (χ0n) is 16.3. The first-order valence-electron chi connectivity index (χ1n) is 9.39. The predicted molar refractivity (Wildman–Crippen MR) is 109 cm³/mol. The van der Waals surface area contributed by atoms with Crippen LogP contribution in [0.15, 0.2) is 24.4 Å². The third-order valence-corrected chi connectivity index (χ3v) is 4.79. The second-order valence-electron chi connectivity index (χ2n) is 6.88. The number of imidazole rings is 1. The topological polar surface area (TPSA) is 110 Å². The summed E-state index contributed by atoms with van der Waals surface area (Å²) in [7, 11) is 0. The van der Waals surface area contributed by atoms with E-state index in [-0.39, 0.29) is 17.9 Å². The second kappa shape index (κ2) is 8.11. The molecule has 0 radical (unpaired) electrons. The number of hydrogen-bond donors (Lipinski definition) is 3. The summed E-state index contributed by atoms with van der Waals surface area (Å²) in [4.78, 5) is 18.8. The van der Waals surface area contributed by atoms with E-state index in [2.05, 4.69) is 25.6 Å². The molecule has 4 N–H and O–H groups in total. The predicted octanol–water partition coefficient (Wildman–Crippen LogP) is 1.79. The standard InChI is InChI=1S/C19H21F2N7O2/c1-11-9-24-19-14(8-15(26-28(11)19)27-4-6-30-7-5-27)23-10-16(29)25-18-13(22)3-2-12(20)17(18)21/h2-3,8-9,23H,4-7,10,22H2,1H3,(H,25,29). The average Bonchev–Trinajstić information content (AvgIpc) is 3.14. The van der Waals surface area contributed by atoms with Crippen LogP contribution in [0.25, 0.3) is 5.65 Å². The number of aryl methyl sites for hydroxylation is 1. The summed E-state index contributed by atoms with van der Waals surface area (Å²) >= 11 is 0. The number of amides is 1. The van der Waals surface area contributed by atoms with Crippen LogP contribution in [0.4, 0.5) is 31.7 Å². The van der Waals surface area contributed by atoms with Crippen molar-refractivity contribution in [2.45, 2.75) is 6.92 Å². The first kappa shape index (κ1) is 19.8. The molecule has 158 valence electrons. The van der Waals surface area contributed by atoms with Crippen LogP contribution in [-0.4, -0.2) is 53.4 Å². The summed E-state index contributed by atoms with van der Waals surface area (Å²) in [6.45, 7) is 4.28. The Kier molecular flexibility index (Phi) is 5.36. The number of nitrogens with zero attached hydrogens (tertiary/aromatic N) is 4. The average molecular weight is 417 g/mol. The Labute approximate surface area is 170 Å². The van der Waals surface area contributed by atoms with Gasteiger partial charge in [0.1, 0.15) is 5.69 Å². The molecule has 3 heterocycles. The minimum atomic E-state index is -1.20. The van der Waals surface area contributed by atoms with E-state index in [1.54, 1.807) is 16.8 Å². The summed E-state index contributed by atoms with van der Waals surface area (Å²) in [5.41, 5.74) is 7.17. The van der Waals surface area contributed by atoms with Crippen molar-refractivity contribution in [1.82, 2.24) is 14.6 Å². The zero-order chi connectivity index (χ0) is 21.3. The Morgan fingerprint density at radius 1 is 1.30 bits per heavy atom. The van der Waals surface area contributed by atoms with Crippen LogP contribution in [0.3, 0.4) is 0 Å². The van der Waals surface area contributed by atoms with Gasteiger partial charge < -0.3 is 26.0 Å². The molecule has 0 aliphatic carbocycles. The Morgan fingerprint density at radius 3 is 2.83 bits per heavy atom. The van der Waals surface area contributed by atoms with Crippen molar-refractivity contribution >= 4 is 34.4 Å². The maximum atomic E-state index is 13.9. The Balaban J connectivity index is 1.55. The van der Waals surface area contributed by atoms with Gasteiger partial charge in [-0.15, -0.1) is 5.10 Å². The first-order chi connectivity index (χ1) is 14.4. The van der Waals surface area contributed by atoms with Crippen LogP contribution < -0.4 is 21.3 Å². The number of rotatable bonds is 5. The number of nitrogens with one attached hydrogen (secondary N) is 2. The third-order valence-electron chi connectivity index (χ3n) is 4.79. The molecule has 1 aromatic carbocycles. The number of hydrogen-bond acceptors (Lipinski definition) is 7. The maximum absolute atomic E-state index is 13.9. The van der Waals surface area contributed by atoms with E-state index in [0.717, 1.165) is 17.6 Å². The van der Waals surface area contributed by atoms with E-state index < -0.39 is 17.5 Å². The van der Waals surface area contributed by atoms with E-state index in [4.69, 9.17) is 10.5 Å². The molecule has 0 spiro atoms. The number of nitrogen functional groups attached to an aromatic ring is 1. The lowest BCUT2D eigenvalue weighted by Crippen LogP contribution is -2.37. The van der Waals surface area contributed by atoms with Crippen molar-refractivity contribution in [2.75, 3.05) is 54.1 Å². The highest BCUT2D eigenvalue weighted by molar-refractivity contribution is 5.97. The molecule has 1 aliphatic rings. The van der Waals surface area contributed by atoms with Crippen LogP contribution in [0.5, 0.6) is 0 Å². The van der Waals surface area contributed by atoms with Gasteiger partial charge in [0.15, 0.2) is 23.1 Å². The van der Waals surface area contributed by atoms with Gasteiger partial charge in [-0.2, -0.15) is 0 Å². The van der Waals surface area contributed by atoms with E-state index in [9.17, 15) is 13.6 Å². The van der Waals surface area contributed by atoms with E-state index in [0.29, 0.717) is 37.6 Å². The quantitative estimate of drug-likeness (QED) is 0.543. The van der Waals surface area contributed by atoms with Gasteiger partial charge in [0.2, 0.25) is 5.91 Å². The van der Waals surface area contributed by atoms with Gasteiger partial charge in [-0.1, -0.05) is 0 Å². The molecule has 1 saturated heterocycles. The lowest BCUT2D eigenvalue weighted by Gasteiger charge is -2.28. The maximum Gasteiger partial charge on any atom is 0.243 e. The molecule has 1 amide bonds. The number of fused-ring (bicyclic) bond motifs is 1. The molecule has 30 heavy (non-hydrogen) atoms. The molecule has 9 nitrogen and oxygen atoms in total. The molecule has 3 aromatic rings. The highest BCUT2D eigenvalue weighted by atomic mass is 19.2. The molecule has 1 fully saturated rings. The second-order valence-corrected chi connectivity index (χ2v) is 6.88. The fourth-order valence-corrected chi connectivity index (χ4v) is 3.19. The first-order valence-corrected chi connectivity index (χ1v) is 9.39. The monoisotopic (exact) mass is 417 g/mol. The van der Waals surface area contributed by atoms with Gasteiger partial charge in [0.05, 0.1) is 43.0 Å². The smallest absolute Gasteiger partial charge is 0.243 e. The number of morpholine rings is 1. The number of nitrogens with two attached hydrogens (primary N) is 1. The minimum absolute atomic E-state index is 0.0629. The summed E-state index contributed by atoms with van der Waals surface area (Å²) < 4.78 is 34.4. The molecular formula is C19H21F2N7O2. The fourth-order valence-electron chi connectivity index (χ4n) is 3.19. The van der Waals surface area contributed by atoms with Gasteiger partial charge in [-0.25, -0.2) is 18.3 Å². The Hall–Kier alpha value is -3.47. The number of carbonyl (C=O) groups excluding carboxylic acids is 1. The Bertz CT molecular complexity index is 1100. The molecular weight excluding hydrogens is 396 g/mol. The molecule has 11 heteroatoms. The van der Waals surface area contributed by atoms with E-state index in [1.807, 2.05) is 6.92 Å². The van der Waals surface area contributed by atoms with Gasteiger partial charge in [0.25, 0.3) is 0 Å². The van der Waals surface area contributed by atoms with Crippen molar-refractivity contribution < 1.29 is 18.3 Å². The van der Waals surface area contributed by atoms with E-state index in [1.165, 1.54) is 6.07 Å². The van der Waals surface area contributed by atoms with Gasteiger partial charge >= 0.3 is 0 Å². The van der Waals surface area contributed by atoms with Crippen molar-refractivity contribution in [2.24, 2.45) is 0 Å². The van der Waals surface area contributed by atoms with Crippen LogP contribution in [0.1, 0.15) is 5.69 Å². The third kappa shape index (κ3) is 3.83. The number of ether oxygens (including phenoxy) is 1. The molecule has 4 rings (SSSR count). The summed E-state index contributed by atoms with van der Waals surface area (Å²) in [6.07, 6.45) is 1.68. The van der Waals surface area contributed by atoms with Crippen LogP contribution in [-0.2, 0) is 9.53 Å². The molecule has 0 atom stereocenters.